The van der Waals surface area contributed by atoms with E-state index in [0.29, 0.717) is 5.69 Å². The van der Waals surface area contributed by atoms with Crippen molar-refractivity contribution < 1.29 is 9.53 Å². The zero-order valence-electron chi connectivity index (χ0n) is 7.29. The van der Waals surface area contributed by atoms with Crippen molar-refractivity contribution in [2.75, 3.05) is 7.11 Å². The zero-order chi connectivity index (χ0) is 9.14. The average molecular weight is 166 g/mol. The van der Waals surface area contributed by atoms with Gasteiger partial charge in [0.15, 0.2) is 5.69 Å². The van der Waals surface area contributed by atoms with Gasteiger partial charge in [-0.25, -0.2) is 14.8 Å². The molecule has 1 heterocycles. The second-order valence-electron chi connectivity index (χ2n) is 2.42. The van der Waals surface area contributed by atoms with Gasteiger partial charge in [0.1, 0.15) is 6.33 Å². The van der Waals surface area contributed by atoms with Gasteiger partial charge in [-0.05, 0) is 13.8 Å². The lowest BCUT2D eigenvalue weighted by Gasteiger charge is -2.03. The molecule has 0 aliphatic rings. The molecule has 0 saturated heterocycles. The molecule has 0 bridgehead atoms. The summed E-state index contributed by atoms with van der Waals surface area (Å²) in [5.74, 6) is -0.419. The van der Waals surface area contributed by atoms with Crippen LogP contribution in [-0.2, 0) is 4.74 Å². The number of hydrogen-bond donors (Lipinski definition) is 0. The highest BCUT2D eigenvalue weighted by atomic mass is 16.5. The van der Waals surface area contributed by atoms with E-state index in [2.05, 4.69) is 14.7 Å². The molecule has 1 aromatic rings. The van der Waals surface area contributed by atoms with Gasteiger partial charge in [0.2, 0.25) is 0 Å². The normalized spacial score (nSPS) is 9.58. The summed E-state index contributed by atoms with van der Waals surface area (Å²) in [4.78, 5) is 18.8. The lowest BCUT2D eigenvalue weighted by atomic mass is 10.2. The van der Waals surface area contributed by atoms with Crippen LogP contribution < -0.4 is 0 Å². The quantitative estimate of drug-likeness (QED) is 0.581. The maximum Gasteiger partial charge on any atom is 0.357 e. The van der Waals surface area contributed by atoms with Crippen molar-refractivity contribution in [2.45, 2.75) is 13.8 Å². The van der Waals surface area contributed by atoms with Crippen LogP contribution in [0.2, 0.25) is 0 Å². The smallest absolute Gasteiger partial charge is 0.357 e. The summed E-state index contributed by atoms with van der Waals surface area (Å²) in [6.07, 6.45) is 1.36. The summed E-state index contributed by atoms with van der Waals surface area (Å²) >= 11 is 0. The summed E-state index contributed by atoms with van der Waals surface area (Å²) in [5.41, 5.74) is 1.90. The first-order chi connectivity index (χ1) is 5.66. The van der Waals surface area contributed by atoms with E-state index in [1.165, 1.54) is 13.4 Å². The minimum absolute atomic E-state index is 0.338. The maximum atomic E-state index is 11.1. The van der Waals surface area contributed by atoms with Gasteiger partial charge in [0.05, 0.1) is 7.11 Å². The van der Waals surface area contributed by atoms with Crippen LogP contribution in [0.1, 0.15) is 21.7 Å². The Kier molecular flexibility index (Phi) is 2.38. The number of rotatable bonds is 1. The van der Waals surface area contributed by atoms with Crippen LogP contribution in [0.4, 0.5) is 0 Å². The molecule has 0 fully saturated rings. The number of aryl methyl sites for hydroxylation is 1. The molecule has 0 N–H and O–H groups in total. The molecule has 4 nitrogen and oxygen atoms in total. The molecule has 0 amide bonds. The second-order valence-corrected chi connectivity index (χ2v) is 2.42. The molecule has 0 aromatic carbocycles. The predicted octanol–water partition coefficient (Wildman–Crippen LogP) is 0.880. The summed E-state index contributed by atoms with van der Waals surface area (Å²) in [6.45, 7) is 3.62. The molecule has 0 spiro atoms. The molecular formula is C8H10N2O2. The predicted molar refractivity (Wildman–Crippen MR) is 42.8 cm³/mol. The highest BCUT2D eigenvalue weighted by Gasteiger charge is 2.11. The Morgan fingerprint density at radius 2 is 2.08 bits per heavy atom. The van der Waals surface area contributed by atoms with Gasteiger partial charge in [-0.1, -0.05) is 0 Å². The van der Waals surface area contributed by atoms with Crippen molar-refractivity contribution in [1.82, 2.24) is 9.97 Å². The largest absolute Gasteiger partial charge is 0.464 e. The Morgan fingerprint density at radius 3 is 2.67 bits per heavy atom. The first-order valence-electron chi connectivity index (χ1n) is 3.53. The number of aromatic nitrogens is 2. The first kappa shape index (κ1) is 8.64. The number of methoxy groups -OCH3 is 1. The third kappa shape index (κ3) is 1.42. The minimum Gasteiger partial charge on any atom is -0.464 e. The maximum absolute atomic E-state index is 11.1. The number of carbonyl (C=O) groups is 1. The molecule has 64 valence electrons. The van der Waals surface area contributed by atoms with Crippen molar-refractivity contribution in [2.24, 2.45) is 0 Å². The third-order valence-corrected chi connectivity index (χ3v) is 1.71. The van der Waals surface area contributed by atoms with E-state index in [4.69, 9.17) is 0 Å². The van der Waals surface area contributed by atoms with Crippen molar-refractivity contribution >= 4 is 5.97 Å². The number of nitrogens with zero attached hydrogens (tertiary/aromatic N) is 2. The van der Waals surface area contributed by atoms with E-state index in [1.807, 2.05) is 6.92 Å². The van der Waals surface area contributed by atoms with Gasteiger partial charge in [-0.2, -0.15) is 0 Å². The fourth-order valence-electron chi connectivity index (χ4n) is 0.841. The molecule has 0 saturated carbocycles. The zero-order valence-corrected chi connectivity index (χ0v) is 7.29. The topological polar surface area (TPSA) is 52.1 Å². The first-order valence-corrected chi connectivity index (χ1v) is 3.53. The summed E-state index contributed by atoms with van der Waals surface area (Å²) < 4.78 is 4.54. The van der Waals surface area contributed by atoms with Crippen LogP contribution in [0.5, 0.6) is 0 Å². The van der Waals surface area contributed by atoms with Crippen molar-refractivity contribution in [3.05, 3.63) is 23.3 Å². The van der Waals surface area contributed by atoms with E-state index in [0.717, 1.165) is 11.3 Å². The number of hydrogen-bond acceptors (Lipinski definition) is 4. The Morgan fingerprint density at radius 1 is 1.42 bits per heavy atom. The van der Waals surface area contributed by atoms with Crippen molar-refractivity contribution in [3.8, 4) is 0 Å². The summed E-state index contributed by atoms with van der Waals surface area (Å²) in [5, 5.41) is 0. The summed E-state index contributed by atoms with van der Waals surface area (Å²) in [7, 11) is 1.33. The van der Waals surface area contributed by atoms with Crippen molar-refractivity contribution in [3.63, 3.8) is 0 Å². The van der Waals surface area contributed by atoms with Crippen LogP contribution in [0.25, 0.3) is 0 Å². The highest BCUT2D eigenvalue weighted by molar-refractivity contribution is 5.88. The van der Waals surface area contributed by atoms with Gasteiger partial charge in [-0.3, -0.25) is 0 Å². The molecule has 0 aliphatic heterocycles. The molecule has 0 aliphatic carbocycles. The lowest BCUT2D eigenvalue weighted by molar-refractivity contribution is 0.0592. The number of esters is 1. The molecule has 0 radical (unpaired) electrons. The van der Waals surface area contributed by atoms with Crippen LogP contribution in [0.15, 0.2) is 6.33 Å². The van der Waals surface area contributed by atoms with Gasteiger partial charge in [0.25, 0.3) is 0 Å². The summed E-state index contributed by atoms with van der Waals surface area (Å²) in [6, 6.07) is 0. The number of carbonyl (C=O) groups excluding carboxylic acids is 1. The van der Waals surface area contributed by atoms with E-state index < -0.39 is 5.97 Å². The Hall–Kier alpha value is -1.45. The SMILES string of the molecule is COC(=O)c1ncnc(C)c1C. The standard InChI is InChI=1S/C8H10N2O2/c1-5-6(2)9-4-10-7(5)8(11)12-3/h4H,1-3H3. The van der Waals surface area contributed by atoms with Crippen LogP contribution in [-0.4, -0.2) is 23.0 Å². The molecular weight excluding hydrogens is 156 g/mol. The van der Waals surface area contributed by atoms with Gasteiger partial charge in [-0.15, -0.1) is 0 Å². The molecule has 4 heteroatoms. The lowest BCUT2D eigenvalue weighted by Crippen LogP contribution is -2.08. The molecule has 0 atom stereocenters. The fourth-order valence-corrected chi connectivity index (χ4v) is 0.841. The second kappa shape index (κ2) is 3.30. The van der Waals surface area contributed by atoms with E-state index >= 15 is 0 Å². The number of ether oxygens (including phenoxy) is 1. The Balaban J connectivity index is 3.16. The fraction of sp³-hybridized carbons (Fsp3) is 0.375. The Bertz CT molecular complexity index is 310. The van der Waals surface area contributed by atoms with Crippen LogP contribution in [0.3, 0.4) is 0 Å². The van der Waals surface area contributed by atoms with E-state index in [9.17, 15) is 4.79 Å². The van der Waals surface area contributed by atoms with Gasteiger partial charge >= 0.3 is 5.97 Å². The Labute approximate surface area is 70.6 Å². The highest BCUT2D eigenvalue weighted by Crippen LogP contribution is 2.07. The molecule has 1 aromatic heterocycles. The van der Waals surface area contributed by atoms with Crippen molar-refractivity contribution in [1.29, 1.82) is 0 Å². The van der Waals surface area contributed by atoms with E-state index in [-0.39, 0.29) is 0 Å². The average Bonchev–Trinajstić information content (AvgIpc) is 2.08. The van der Waals surface area contributed by atoms with E-state index in [1.54, 1.807) is 6.92 Å². The van der Waals surface area contributed by atoms with Gasteiger partial charge < -0.3 is 4.74 Å². The third-order valence-electron chi connectivity index (χ3n) is 1.71. The monoisotopic (exact) mass is 166 g/mol. The van der Waals surface area contributed by atoms with Gasteiger partial charge in [0, 0.05) is 11.3 Å². The molecule has 1 rings (SSSR count). The molecule has 12 heavy (non-hydrogen) atoms. The minimum atomic E-state index is -0.419. The van der Waals surface area contributed by atoms with Crippen LogP contribution in [0, 0.1) is 13.8 Å². The van der Waals surface area contributed by atoms with Crippen LogP contribution >= 0.6 is 0 Å². The molecule has 0 unspecified atom stereocenters.